The number of nitrogens with one attached hydrogen (secondary N) is 1. The van der Waals surface area contributed by atoms with Gasteiger partial charge < -0.3 is 10.1 Å². The molecule has 1 atom stereocenters. The Kier molecular flexibility index (Phi) is 6.00. The zero-order valence-electron chi connectivity index (χ0n) is 14.5. The molecule has 1 saturated heterocycles. The average molecular weight is 346 g/mol. The van der Waals surface area contributed by atoms with Crippen LogP contribution in [-0.2, 0) is 6.54 Å². The number of rotatable bonds is 7. The Morgan fingerprint density at radius 3 is 2.60 bits per heavy atom. The van der Waals surface area contributed by atoms with Crippen LogP contribution < -0.4 is 10.1 Å². The first kappa shape index (κ1) is 17.8. The van der Waals surface area contributed by atoms with Gasteiger partial charge in [0.2, 0.25) is 0 Å². The molecule has 0 amide bonds. The fourth-order valence-corrected chi connectivity index (χ4v) is 3.36. The fourth-order valence-electron chi connectivity index (χ4n) is 3.36. The smallest absolute Gasteiger partial charge is 0.159 e. The molecule has 5 heteroatoms. The zero-order chi connectivity index (χ0) is 17.6. The Balaban J connectivity index is 1.68. The monoisotopic (exact) mass is 346 g/mol. The van der Waals surface area contributed by atoms with Crippen molar-refractivity contribution in [1.29, 1.82) is 0 Å². The summed E-state index contributed by atoms with van der Waals surface area (Å²) in [4.78, 5) is 2.47. The predicted molar refractivity (Wildman–Crippen MR) is 94.6 cm³/mol. The van der Waals surface area contributed by atoms with E-state index < -0.39 is 11.6 Å². The van der Waals surface area contributed by atoms with Crippen molar-refractivity contribution in [1.82, 2.24) is 10.2 Å². The summed E-state index contributed by atoms with van der Waals surface area (Å²) in [6.07, 6.45) is 2.42. The molecule has 1 aliphatic heterocycles. The first-order chi connectivity index (χ1) is 12.2. The highest BCUT2D eigenvalue weighted by Crippen LogP contribution is 2.27. The molecule has 0 spiro atoms. The fraction of sp³-hybridized carbons (Fsp3) is 0.400. The van der Waals surface area contributed by atoms with Gasteiger partial charge in [-0.3, -0.25) is 4.90 Å². The molecule has 1 N–H and O–H groups in total. The normalized spacial score (nSPS) is 16.1. The summed E-state index contributed by atoms with van der Waals surface area (Å²) in [5, 5.41) is 3.39. The summed E-state index contributed by atoms with van der Waals surface area (Å²) in [5.74, 6) is -0.763. The van der Waals surface area contributed by atoms with E-state index in [0.717, 1.165) is 30.9 Å². The van der Waals surface area contributed by atoms with Crippen LogP contribution in [0.1, 0.15) is 30.0 Å². The van der Waals surface area contributed by atoms with Gasteiger partial charge in [-0.25, -0.2) is 8.78 Å². The van der Waals surface area contributed by atoms with Crippen molar-refractivity contribution in [2.45, 2.75) is 25.4 Å². The lowest BCUT2D eigenvalue weighted by molar-refractivity contribution is 0.238. The second-order valence-corrected chi connectivity index (χ2v) is 6.41. The van der Waals surface area contributed by atoms with Crippen LogP contribution >= 0.6 is 0 Å². The van der Waals surface area contributed by atoms with E-state index in [9.17, 15) is 8.78 Å². The number of ether oxygens (including phenoxy) is 1. The maximum absolute atomic E-state index is 13.3. The number of halogens is 2. The van der Waals surface area contributed by atoms with Gasteiger partial charge in [-0.2, -0.15) is 0 Å². The van der Waals surface area contributed by atoms with Crippen molar-refractivity contribution in [2.24, 2.45) is 0 Å². The Morgan fingerprint density at radius 1 is 1.08 bits per heavy atom. The first-order valence-corrected chi connectivity index (χ1v) is 8.70. The highest BCUT2D eigenvalue weighted by atomic mass is 19.2. The van der Waals surface area contributed by atoms with Gasteiger partial charge in [0.25, 0.3) is 0 Å². The minimum absolute atomic E-state index is 0.239. The lowest BCUT2D eigenvalue weighted by Crippen LogP contribution is -2.34. The molecule has 0 bridgehead atoms. The second-order valence-electron chi connectivity index (χ2n) is 6.41. The lowest BCUT2D eigenvalue weighted by Gasteiger charge is -2.28. The quantitative estimate of drug-likeness (QED) is 0.823. The average Bonchev–Trinajstić information content (AvgIpc) is 3.16. The van der Waals surface area contributed by atoms with Crippen molar-refractivity contribution in [2.75, 3.05) is 26.7 Å². The number of methoxy groups -OCH3 is 1. The van der Waals surface area contributed by atoms with Gasteiger partial charge in [0.05, 0.1) is 7.11 Å². The SMILES string of the molecule is COc1cccc(C(CNCc2ccc(F)c(F)c2)N2CCCC2)c1. The van der Waals surface area contributed by atoms with Crippen LogP contribution in [0.2, 0.25) is 0 Å². The standard InChI is InChI=1S/C20H24F2N2O/c1-25-17-6-4-5-16(12-17)20(24-9-2-3-10-24)14-23-13-15-7-8-18(21)19(22)11-15/h4-8,11-12,20,23H,2-3,9-10,13-14H2,1H3. The number of hydrogen-bond acceptors (Lipinski definition) is 3. The van der Waals surface area contributed by atoms with Gasteiger partial charge in [0, 0.05) is 19.1 Å². The van der Waals surface area contributed by atoms with Gasteiger partial charge in [-0.15, -0.1) is 0 Å². The van der Waals surface area contributed by atoms with Crippen LogP contribution in [-0.4, -0.2) is 31.6 Å². The van der Waals surface area contributed by atoms with Gasteiger partial charge in [0.15, 0.2) is 11.6 Å². The summed E-state index contributed by atoms with van der Waals surface area (Å²) in [6, 6.07) is 12.4. The third kappa shape index (κ3) is 4.55. The Hall–Kier alpha value is -1.98. The molecule has 3 rings (SSSR count). The number of hydrogen-bond donors (Lipinski definition) is 1. The largest absolute Gasteiger partial charge is 0.497 e. The number of nitrogens with zero attached hydrogens (tertiary/aromatic N) is 1. The molecule has 0 aliphatic carbocycles. The highest BCUT2D eigenvalue weighted by molar-refractivity contribution is 5.31. The third-order valence-corrected chi connectivity index (χ3v) is 4.71. The van der Waals surface area contributed by atoms with Crippen molar-refractivity contribution in [3.05, 3.63) is 65.2 Å². The molecule has 1 heterocycles. The molecule has 1 aliphatic rings. The van der Waals surface area contributed by atoms with E-state index in [0.29, 0.717) is 6.54 Å². The molecule has 3 nitrogen and oxygen atoms in total. The van der Waals surface area contributed by atoms with Gasteiger partial charge >= 0.3 is 0 Å². The third-order valence-electron chi connectivity index (χ3n) is 4.71. The van der Waals surface area contributed by atoms with Crippen LogP contribution in [0.25, 0.3) is 0 Å². The summed E-state index contributed by atoms with van der Waals surface area (Å²) in [6.45, 7) is 3.40. The topological polar surface area (TPSA) is 24.5 Å². The minimum Gasteiger partial charge on any atom is -0.497 e. The first-order valence-electron chi connectivity index (χ1n) is 8.70. The van der Waals surface area contributed by atoms with Crippen LogP contribution in [0.15, 0.2) is 42.5 Å². The summed E-state index contributed by atoms with van der Waals surface area (Å²) < 4.78 is 31.7. The zero-order valence-corrected chi connectivity index (χ0v) is 14.5. The van der Waals surface area contributed by atoms with Crippen molar-refractivity contribution < 1.29 is 13.5 Å². The Labute approximate surface area is 147 Å². The van der Waals surface area contributed by atoms with Crippen molar-refractivity contribution >= 4 is 0 Å². The summed E-state index contributed by atoms with van der Waals surface area (Å²) in [5.41, 5.74) is 1.95. The van der Waals surface area contributed by atoms with E-state index in [1.165, 1.54) is 30.5 Å². The molecule has 2 aromatic carbocycles. The highest BCUT2D eigenvalue weighted by Gasteiger charge is 2.23. The molecule has 1 fully saturated rings. The molecule has 0 saturated carbocycles. The maximum Gasteiger partial charge on any atom is 0.159 e. The van der Waals surface area contributed by atoms with Crippen molar-refractivity contribution in [3.63, 3.8) is 0 Å². The lowest BCUT2D eigenvalue weighted by atomic mass is 10.0. The number of benzene rings is 2. The molecular formula is C20H24F2N2O. The molecule has 25 heavy (non-hydrogen) atoms. The van der Waals surface area contributed by atoms with Gasteiger partial charge in [-0.1, -0.05) is 18.2 Å². The molecule has 0 radical (unpaired) electrons. The molecule has 2 aromatic rings. The molecule has 0 aromatic heterocycles. The summed E-state index contributed by atoms with van der Waals surface area (Å²) in [7, 11) is 1.67. The Bertz CT molecular complexity index is 702. The van der Waals surface area contributed by atoms with E-state index in [-0.39, 0.29) is 6.04 Å². The Morgan fingerprint density at radius 2 is 1.88 bits per heavy atom. The van der Waals surface area contributed by atoms with Crippen LogP contribution in [0.4, 0.5) is 8.78 Å². The van der Waals surface area contributed by atoms with E-state index in [2.05, 4.69) is 22.3 Å². The van der Waals surface area contributed by atoms with E-state index in [1.54, 1.807) is 13.2 Å². The van der Waals surface area contributed by atoms with Gasteiger partial charge in [0.1, 0.15) is 5.75 Å². The van der Waals surface area contributed by atoms with Crippen molar-refractivity contribution in [3.8, 4) is 5.75 Å². The predicted octanol–water partition coefficient (Wildman–Crippen LogP) is 3.90. The van der Waals surface area contributed by atoms with Crippen LogP contribution in [0.5, 0.6) is 5.75 Å². The van der Waals surface area contributed by atoms with E-state index in [4.69, 9.17) is 4.74 Å². The number of likely N-dealkylation sites (tertiary alicyclic amines) is 1. The van der Waals surface area contributed by atoms with E-state index >= 15 is 0 Å². The maximum atomic E-state index is 13.3. The van der Waals surface area contributed by atoms with Crippen LogP contribution in [0.3, 0.4) is 0 Å². The second kappa shape index (κ2) is 8.41. The molecule has 1 unspecified atom stereocenters. The molecule has 134 valence electrons. The minimum atomic E-state index is -0.810. The molecular weight excluding hydrogens is 322 g/mol. The van der Waals surface area contributed by atoms with Gasteiger partial charge in [-0.05, 0) is 61.3 Å². The van der Waals surface area contributed by atoms with E-state index in [1.807, 2.05) is 12.1 Å². The van der Waals surface area contributed by atoms with Crippen LogP contribution in [0, 0.1) is 11.6 Å². The summed E-state index contributed by atoms with van der Waals surface area (Å²) >= 11 is 0.